The van der Waals surface area contributed by atoms with Crippen LogP contribution in [-0.2, 0) is 10.4 Å². The summed E-state index contributed by atoms with van der Waals surface area (Å²) >= 11 is 11.8. The fourth-order valence-electron chi connectivity index (χ4n) is 2.01. The number of carbonyl (C=O) groups is 1. The van der Waals surface area contributed by atoms with Crippen LogP contribution in [0.15, 0.2) is 18.2 Å². The lowest BCUT2D eigenvalue weighted by Gasteiger charge is -2.42. The predicted octanol–water partition coefficient (Wildman–Crippen LogP) is 2.68. The number of halogens is 2. The SMILES string of the molecule is O=C(O)C1CC(O)(c2cccc(Cl)c2Cl)C1. The van der Waals surface area contributed by atoms with Crippen LogP contribution in [0.25, 0.3) is 0 Å². The average molecular weight is 261 g/mol. The topological polar surface area (TPSA) is 57.5 Å². The zero-order valence-corrected chi connectivity index (χ0v) is 9.79. The standard InChI is InChI=1S/C11H10Cl2O3/c12-8-3-1-2-7(9(8)13)11(16)4-6(5-11)10(14)15/h1-3,6,16H,4-5H2,(H,14,15). The van der Waals surface area contributed by atoms with Gasteiger partial charge < -0.3 is 10.2 Å². The van der Waals surface area contributed by atoms with E-state index in [1.54, 1.807) is 18.2 Å². The van der Waals surface area contributed by atoms with Crippen molar-refractivity contribution >= 4 is 29.2 Å². The van der Waals surface area contributed by atoms with E-state index in [0.29, 0.717) is 15.6 Å². The molecule has 5 heteroatoms. The highest BCUT2D eigenvalue weighted by molar-refractivity contribution is 6.42. The fraction of sp³-hybridized carbons (Fsp3) is 0.364. The lowest BCUT2D eigenvalue weighted by Crippen LogP contribution is -2.44. The maximum atomic E-state index is 10.7. The van der Waals surface area contributed by atoms with Crippen molar-refractivity contribution in [2.45, 2.75) is 18.4 Å². The summed E-state index contributed by atoms with van der Waals surface area (Å²) in [6.45, 7) is 0. The molecular formula is C11H10Cl2O3. The molecule has 1 saturated carbocycles. The molecule has 86 valence electrons. The van der Waals surface area contributed by atoms with Gasteiger partial charge in [-0.05, 0) is 18.9 Å². The predicted molar refractivity (Wildman–Crippen MR) is 60.7 cm³/mol. The third-order valence-corrected chi connectivity index (χ3v) is 3.79. The maximum Gasteiger partial charge on any atom is 0.306 e. The van der Waals surface area contributed by atoms with Crippen molar-refractivity contribution in [2.24, 2.45) is 5.92 Å². The van der Waals surface area contributed by atoms with E-state index >= 15 is 0 Å². The molecule has 0 aromatic heterocycles. The van der Waals surface area contributed by atoms with Gasteiger partial charge in [0.05, 0.1) is 21.6 Å². The van der Waals surface area contributed by atoms with Gasteiger partial charge in [-0.15, -0.1) is 0 Å². The first-order valence-electron chi connectivity index (χ1n) is 4.84. The molecular weight excluding hydrogens is 251 g/mol. The smallest absolute Gasteiger partial charge is 0.306 e. The summed E-state index contributed by atoms with van der Waals surface area (Å²) in [4.78, 5) is 10.7. The van der Waals surface area contributed by atoms with Crippen LogP contribution in [0, 0.1) is 5.92 Å². The molecule has 0 unspecified atom stereocenters. The van der Waals surface area contributed by atoms with Crippen LogP contribution in [0.3, 0.4) is 0 Å². The summed E-state index contributed by atoms with van der Waals surface area (Å²) < 4.78 is 0. The first kappa shape index (κ1) is 11.7. The van der Waals surface area contributed by atoms with Crippen molar-refractivity contribution in [3.63, 3.8) is 0 Å². The van der Waals surface area contributed by atoms with Crippen molar-refractivity contribution in [1.29, 1.82) is 0 Å². The fourth-order valence-corrected chi connectivity index (χ4v) is 2.49. The molecule has 2 rings (SSSR count). The van der Waals surface area contributed by atoms with Gasteiger partial charge in [0.1, 0.15) is 0 Å². The van der Waals surface area contributed by atoms with E-state index in [-0.39, 0.29) is 12.8 Å². The monoisotopic (exact) mass is 260 g/mol. The van der Waals surface area contributed by atoms with Gasteiger partial charge in [0, 0.05) is 5.56 Å². The Hall–Kier alpha value is -0.770. The zero-order chi connectivity index (χ0) is 11.9. The minimum absolute atomic E-state index is 0.183. The number of aliphatic carboxylic acids is 1. The lowest BCUT2D eigenvalue weighted by atomic mass is 9.67. The number of hydrogen-bond acceptors (Lipinski definition) is 2. The molecule has 1 aromatic carbocycles. The van der Waals surface area contributed by atoms with Crippen LogP contribution in [-0.4, -0.2) is 16.2 Å². The molecule has 0 spiro atoms. The molecule has 0 heterocycles. The van der Waals surface area contributed by atoms with Crippen molar-refractivity contribution in [3.8, 4) is 0 Å². The Bertz CT molecular complexity index is 439. The van der Waals surface area contributed by atoms with E-state index in [9.17, 15) is 9.90 Å². The molecule has 2 N–H and O–H groups in total. The lowest BCUT2D eigenvalue weighted by molar-refractivity contribution is -0.159. The van der Waals surface area contributed by atoms with Gasteiger partial charge in [0.2, 0.25) is 0 Å². The van der Waals surface area contributed by atoms with Gasteiger partial charge in [0.25, 0.3) is 0 Å². The molecule has 0 aliphatic heterocycles. The average Bonchev–Trinajstić information content (AvgIpc) is 2.17. The van der Waals surface area contributed by atoms with Crippen LogP contribution in [0.4, 0.5) is 0 Å². The van der Waals surface area contributed by atoms with E-state index < -0.39 is 17.5 Å². The summed E-state index contributed by atoms with van der Waals surface area (Å²) in [5.41, 5.74) is -0.635. The minimum atomic E-state index is -1.15. The van der Waals surface area contributed by atoms with Crippen molar-refractivity contribution in [2.75, 3.05) is 0 Å². The molecule has 0 amide bonds. The van der Waals surface area contributed by atoms with E-state index in [2.05, 4.69) is 0 Å². The van der Waals surface area contributed by atoms with Crippen LogP contribution < -0.4 is 0 Å². The van der Waals surface area contributed by atoms with Crippen LogP contribution >= 0.6 is 23.2 Å². The van der Waals surface area contributed by atoms with Crippen LogP contribution in [0.5, 0.6) is 0 Å². The first-order chi connectivity index (χ1) is 7.44. The summed E-state index contributed by atoms with van der Waals surface area (Å²) in [6, 6.07) is 4.99. The molecule has 1 aliphatic carbocycles. The molecule has 0 radical (unpaired) electrons. The minimum Gasteiger partial charge on any atom is -0.481 e. The number of rotatable bonds is 2. The number of aliphatic hydroxyl groups is 1. The molecule has 0 saturated heterocycles. The normalized spacial score (nSPS) is 28.6. The second kappa shape index (κ2) is 3.91. The Kier molecular flexibility index (Phi) is 2.86. The van der Waals surface area contributed by atoms with Gasteiger partial charge in [-0.3, -0.25) is 4.79 Å². The first-order valence-corrected chi connectivity index (χ1v) is 5.59. The zero-order valence-electron chi connectivity index (χ0n) is 8.28. The largest absolute Gasteiger partial charge is 0.481 e. The molecule has 1 aliphatic rings. The van der Waals surface area contributed by atoms with Crippen molar-refractivity contribution in [3.05, 3.63) is 33.8 Å². The van der Waals surface area contributed by atoms with Crippen molar-refractivity contribution < 1.29 is 15.0 Å². The third-order valence-electron chi connectivity index (χ3n) is 2.97. The number of hydrogen-bond donors (Lipinski definition) is 2. The van der Waals surface area contributed by atoms with Gasteiger partial charge in [-0.1, -0.05) is 35.3 Å². The van der Waals surface area contributed by atoms with Crippen molar-refractivity contribution in [1.82, 2.24) is 0 Å². The van der Waals surface area contributed by atoms with Gasteiger partial charge in [0.15, 0.2) is 0 Å². The third kappa shape index (κ3) is 1.79. The Labute approximate surface area is 103 Å². The Morgan fingerprint density at radius 3 is 2.56 bits per heavy atom. The molecule has 0 bridgehead atoms. The number of carboxylic acid groups (broad SMARTS) is 1. The molecule has 1 aromatic rings. The van der Waals surface area contributed by atoms with E-state index in [1.165, 1.54) is 0 Å². The maximum absolute atomic E-state index is 10.7. The van der Waals surface area contributed by atoms with Gasteiger partial charge in [-0.25, -0.2) is 0 Å². The van der Waals surface area contributed by atoms with E-state index in [4.69, 9.17) is 28.3 Å². The summed E-state index contributed by atoms with van der Waals surface area (Å²) in [7, 11) is 0. The highest BCUT2D eigenvalue weighted by atomic mass is 35.5. The quantitative estimate of drug-likeness (QED) is 0.860. The van der Waals surface area contributed by atoms with Crippen LogP contribution in [0.2, 0.25) is 10.0 Å². The van der Waals surface area contributed by atoms with Gasteiger partial charge >= 0.3 is 5.97 Å². The Morgan fingerprint density at radius 2 is 2.00 bits per heavy atom. The number of benzene rings is 1. The number of carboxylic acids is 1. The Balaban J connectivity index is 2.26. The molecule has 0 atom stereocenters. The summed E-state index contributed by atoms with van der Waals surface area (Å²) in [5.74, 6) is -1.39. The van der Waals surface area contributed by atoms with Crippen LogP contribution in [0.1, 0.15) is 18.4 Å². The van der Waals surface area contributed by atoms with Gasteiger partial charge in [-0.2, -0.15) is 0 Å². The summed E-state index contributed by atoms with van der Waals surface area (Å²) in [6.07, 6.45) is 0.366. The molecule has 1 fully saturated rings. The summed E-state index contributed by atoms with van der Waals surface area (Å²) in [5, 5.41) is 19.6. The Morgan fingerprint density at radius 1 is 1.38 bits per heavy atom. The second-order valence-electron chi connectivity index (χ2n) is 4.08. The highest BCUT2D eigenvalue weighted by Gasteiger charge is 2.48. The van der Waals surface area contributed by atoms with E-state index in [0.717, 1.165) is 0 Å². The van der Waals surface area contributed by atoms with E-state index in [1.807, 2.05) is 0 Å². The molecule has 16 heavy (non-hydrogen) atoms. The molecule has 3 nitrogen and oxygen atoms in total. The highest BCUT2D eigenvalue weighted by Crippen LogP contribution is 2.48. The second-order valence-corrected chi connectivity index (χ2v) is 4.86.